The van der Waals surface area contributed by atoms with Gasteiger partial charge in [-0.1, -0.05) is 23.8 Å². The maximum absolute atomic E-state index is 11.2. The molecule has 0 fully saturated rings. The number of carbonyl (C=O) groups is 1. The Kier molecular flexibility index (Phi) is 3.80. The molecule has 0 spiro atoms. The first-order valence-corrected chi connectivity index (χ1v) is 7.00. The summed E-state index contributed by atoms with van der Waals surface area (Å²) in [4.78, 5) is 15.4. The Labute approximate surface area is 133 Å². The average molecular weight is 309 g/mol. The fourth-order valence-corrected chi connectivity index (χ4v) is 2.28. The summed E-state index contributed by atoms with van der Waals surface area (Å²) in [5.41, 5.74) is 2.58. The zero-order valence-corrected chi connectivity index (χ0v) is 12.7. The first-order valence-electron chi connectivity index (χ1n) is 7.00. The summed E-state index contributed by atoms with van der Waals surface area (Å²) in [6.45, 7) is 1.97. The molecule has 0 saturated carbocycles. The molecule has 0 unspecified atom stereocenters. The van der Waals surface area contributed by atoms with E-state index in [9.17, 15) is 9.90 Å². The molecule has 0 bridgehead atoms. The lowest BCUT2D eigenvalue weighted by Gasteiger charge is -2.07. The molecule has 0 aliphatic carbocycles. The van der Waals surface area contributed by atoms with Gasteiger partial charge in [0, 0.05) is 5.56 Å². The van der Waals surface area contributed by atoms with Crippen LogP contribution in [0, 0.1) is 6.92 Å². The lowest BCUT2D eigenvalue weighted by atomic mass is 10.1. The van der Waals surface area contributed by atoms with E-state index in [2.05, 4.69) is 10.1 Å². The van der Waals surface area contributed by atoms with Crippen LogP contribution in [-0.4, -0.2) is 33.0 Å². The Morgan fingerprint density at radius 1 is 1.17 bits per heavy atom. The molecule has 0 saturated heterocycles. The van der Waals surface area contributed by atoms with E-state index in [1.54, 1.807) is 31.4 Å². The molecule has 0 aliphatic rings. The Balaban J connectivity index is 2.16. The molecule has 3 aromatic rings. The van der Waals surface area contributed by atoms with Gasteiger partial charge in [0.05, 0.1) is 12.8 Å². The lowest BCUT2D eigenvalue weighted by Crippen LogP contribution is -2.02. The average Bonchev–Trinajstić information content (AvgIpc) is 3.00. The highest BCUT2D eigenvalue weighted by molar-refractivity contribution is 5.84. The number of aromatic nitrogens is 3. The summed E-state index contributed by atoms with van der Waals surface area (Å²) in [6, 6.07) is 14.9. The Bertz CT molecular complexity index is 854. The third-order valence-corrected chi connectivity index (χ3v) is 3.39. The molecule has 116 valence electrons. The number of hydrogen-bond donors (Lipinski definition) is 1. The van der Waals surface area contributed by atoms with Crippen LogP contribution in [0.15, 0.2) is 48.5 Å². The fraction of sp³-hybridized carbons (Fsp3) is 0.118. The van der Waals surface area contributed by atoms with Gasteiger partial charge in [0.15, 0.2) is 5.82 Å². The standard InChI is InChI=1S/C17H15N3O3/c1-11-4-3-5-12(10-11)16-18-15(17(21)22)19-20(16)13-6-8-14(23-2)9-7-13/h3-10H,1-2H3,(H,21,22). The number of carboxylic acid groups (broad SMARTS) is 1. The van der Waals surface area contributed by atoms with Crippen LogP contribution < -0.4 is 4.74 Å². The van der Waals surface area contributed by atoms with Crippen LogP contribution >= 0.6 is 0 Å². The first-order chi connectivity index (χ1) is 11.1. The Hall–Kier alpha value is -3.15. The second-order valence-electron chi connectivity index (χ2n) is 5.04. The molecule has 3 rings (SSSR count). The highest BCUT2D eigenvalue weighted by atomic mass is 16.5. The van der Waals surface area contributed by atoms with E-state index in [0.717, 1.165) is 11.1 Å². The van der Waals surface area contributed by atoms with Gasteiger partial charge in [-0.2, -0.15) is 0 Å². The molecule has 0 atom stereocenters. The molecule has 1 aromatic heterocycles. The van der Waals surface area contributed by atoms with E-state index in [0.29, 0.717) is 17.3 Å². The number of aromatic carboxylic acids is 1. The van der Waals surface area contributed by atoms with Gasteiger partial charge in [-0.15, -0.1) is 5.10 Å². The van der Waals surface area contributed by atoms with Crippen molar-refractivity contribution < 1.29 is 14.6 Å². The predicted molar refractivity (Wildman–Crippen MR) is 85.0 cm³/mol. The van der Waals surface area contributed by atoms with Crippen molar-refractivity contribution in [3.63, 3.8) is 0 Å². The highest BCUT2D eigenvalue weighted by Gasteiger charge is 2.18. The van der Waals surface area contributed by atoms with Crippen molar-refractivity contribution in [3.8, 4) is 22.8 Å². The zero-order chi connectivity index (χ0) is 16.4. The molecular weight excluding hydrogens is 294 g/mol. The molecule has 1 heterocycles. The molecule has 1 N–H and O–H groups in total. The molecule has 6 nitrogen and oxygen atoms in total. The second-order valence-corrected chi connectivity index (χ2v) is 5.04. The maximum atomic E-state index is 11.2. The Morgan fingerprint density at radius 2 is 1.91 bits per heavy atom. The predicted octanol–water partition coefficient (Wildman–Crippen LogP) is 2.95. The van der Waals surface area contributed by atoms with Gasteiger partial charge < -0.3 is 9.84 Å². The van der Waals surface area contributed by atoms with E-state index in [-0.39, 0.29) is 5.82 Å². The van der Waals surface area contributed by atoms with Crippen molar-refractivity contribution in [1.82, 2.24) is 14.8 Å². The molecular formula is C17H15N3O3. The summed E-state index contributed by atoms with van der Waals surface area (Å²) < 4.78 is 6.67. The summed E-state index contributed by atoms with van der Waals surface area (Å²) in [5.74, 6) is -0.204. The number of benzene rings is 2. The molecule has 2 aromatic carbocycles. The third kappa shape index (κ3) is 2.91. The maximum Gasteiger partial charge on any atom is 0.375 e. The van der Waals surface area contributed by atoms with E-state index >= 15 is 0 Å². The SMILES string of the molecule is COc1ccc(-n2nc(C(=O)O)nc2-c2cccc(C)c2)cc1. The Morgan fingerprint density at radius 3 is 2.52 bits per heavy atom. The monoisotopic (exact) mass is 309 g/mol. The summed E-state index contributed by atoms with van der Waals surface area (Å²) in [6.07, 6.45) is 0. The molecule has 6 heteroatoms. The molecule has 0 amide bonds. The van der Waals surface area contributed by atoms with Gasteiger partial charge in [0.2, 0.25) is 0 Å². The zero-order valence-electron chi connectivity index (χ0n) is 12.7. The van der Waals surface area contributed by atoms with Gasteiger partial charge >= 0.3 is 5.97 Å². The van der Waals surface area contributed by atoms with E-state index in [1.807, 2.05) is 31.2 Å². The van der Waals surface area contributed by atoms with Crippen molar-refractivity contribution in [2.75, 3.05) is 7.11 Å². The van der Waals surface area contributed by atoms with Crippen LogP contribution in [0.3, 0.4) is 0 Å². The first kappa shape index (κ1) is 14.8. The molecule has 0 radical (unpaired) electrons. The van der Waals surface area contributed by atoms with Crippen molar-refractivity contribution in [3.05, 3.63) is 59.9 Å². The van der Waals surface area contributed by atoms with E-state index in [1.165, 1.54) is 4.68 Å². The van der Waals surface area contributed by atoms with Crippen molar-refractivity contribution in [2.24, 2.45) is 0 Å². The van der Waals surface area contributed by atoms with Crippen LogP contribution in [-0.2, 0) is 0 Å². The second kappa shape index (κ2) is 5.92. The topological polar surface area (TPSA) is 77.2 Å². The minimum absolute atomic E-state index is 0.239. The smallest absolute Gasteiger partial charge is 0.375 e. The van der Waals surface area contributed by atoms with Gasteiger partial charge in [0.1, 0.15) is 5.75 Å². The minimum Gasteiger partial charge on any atom is -0.497 e. The van der Waals surface area contributed by atoms with Crippen LogP contribution in [0.2, 0.25) is 0 Å². The number of rotatable bonds is 4. The van der Waals surface area contributed by atoms with E-state index in [4.69, 9.17) is 4.74 Å². The van der Waals surface area contributed by atoms with Crippen LogP contribution in [0.25, 0.3) is 17.1 Å². The van der Waals surface area contributed by atoms with Gasteiger partial charge in [-0.05, 0) is 37.3 Å². The quantitative estimate of drug-likeness (QED) is 0.801. The van der Waals surface area contributed by atoms with Gasteiger partial charge in [0.25, 0.3) is 5.82 Å². The number of nitrogens with zero attached hydrogens (tertiary/aromatic N) is 3. The van der Waals surface area contributed by atoms with Crippen LogP contribution in [0.5, 0.6) is 5.75 Å². The van der Waals surface area contributed by atoms with Crippen molar-refractivity contribution in [1.29, 1.82) is 0 Å². The summed E-state index contributed by atoms with van der Waals surface area (Å²) in [7, 11) is 1.59. The van der Waals surface area contributed by atoms with Gasteiger partial charge in [-0.25, -0.2) is 14.5 Å². The number of carboxylic acids is 1. The summed E-state index contributed by atoms with van der Waals surface area (Å²) >= 11 is 0. The lowest BCUT2D eigenvalue weighted by molar-refractivity contribution is 0.0683. The van der Waals surface area contributed by atoms with Crippen molar-refractivity contribution in [2.45, 2.75) is 6.92 Å². The van der Waals surface area contributed by atoms with Gasteiger partial charge in [-0.3, -0.25) is 0 Å². The molecule has 23 heavy (non-hydrogen) atoms. The van der Waals surface area contributed by atoms with Crippen LogP contribution in [0.1, 0.15) is 16.2 Å². The normalized spacial score (nSPS) is 10.5. The molecule has 0 aliphatic heterocycles. The van der Waals surface area contributed by atoms with E-state index < -0.39 is 5.97 Å². The minimum atomic E-state index is -1.16. The van der Waals surface area contributed by atoms with Crippen LogP contribution in [0.4, 0.5) is 0 Å². The number of aryl methyl sites for hydroxylation is 1. The number of methoxy groups -OCH3 is 1. The highest BCUT2D eigenvalue weighted by Crippen LogP contribution is 2.23. The number of hydrogen-bond acceptors (Lipinski definition) is 4. The third-order valence-electron chi connectivity index (χ3n) is 3.39. The fourth-order valence-electron chi connectivity index (χ4n) is 2.28. The van der Waals surface area contributed by atoms with Crippen molar-refractivity contribution >= 4 is 5.97 Å². The summed E-state index contributed by atoms with van der Waals surface area (Å²) in [5, 5.41) is 13.3. The number of ether oxygens (including phenoxy) is 1. The largest absolute Gasteiger partial charge is 0.497 e.